The summed E-state index contributed by atoms with van der Waals surface area (Å²) in [4.78, 5) is 27.1. The monoisotopic (exact) mass is 420 g/mol. The van der Waals surface area contributed by atoms with Crippen LogP contribution in [0.2, 0.25) is 10.0 Å². The number of benzene rings is 2. The second-order valence-corrected chi connectivity index (χ2v) is 7.66. The van der Waals surface area contributed by atoms with Gasteiger partial charge in [0.2, 0.25) is 5.91 Å². The van der Waals surface area contributed by atoms with Crippen molar-refractivity contribution in [2.24, 2.45) is 5.92 Å². The molecule has 3 rings (SSSR count). The van der Waals surface area contributed by atoms with E-state index in [2.05, 4.69) is 5.32 Å². The fourth-order valence-electron chi connectivity index (χ4n) is 3.23. The third kappa shape index (κ3) is 5.18. The molecule has 1 N–H and O–H groups in total. The molecule has 2 atom stereocenters. The van der Waals surface area contributed by atoms with Gasteiger partial charge in [-0.05, 0) is 50.1 Å². The lowest BCUT2D eigenvalue weighted by Gasteiger charge is -2.33. The topological polar surface area (TPSA) is 58.6 Å². The second kappa shape index (κ2) is 9.30. The van der Waals surface area contributed by atoms with Gasteiger partial charge in [0.05, 0.1) is 10.9 Å². The highest BCUT2D eigenvalue weighted by molar-refractivity contribution is 6.35. The number of piperidine rings is 1. The van der Waals surface area contributed by atoms with Crippen LogP contribution < -0.4 is 10.1 Å². The molecule has 0 aromatic heterocycles. The first kappa shape index (κ1) is 20.5. The van der Waals surface area contributed by atoms with Crippen LogP contribution in [0.15, 0.2) is 48.5 Å². The van der Waals surface area contributed by atoms with Gasteiger partial charge in [-0.1, -0.05) is 41.4 Å². The van der Waals surface area contributed by atoms with Crippen molar-refractivity contribution < 1.29 is 14.3 Å². The molecule has 148 valence electrons. The number of carbonyl (C=O) groups is 2. The highest BCUT2D eigenvalue weighted by Gasteiger charge is 2.31. The van der Waals surface area contributed by atoms with E-state index in [-0.39, 0.29) is 17.7 Å². The van der Waals surface area contributed by atoms with Gasteiger partial charge < -0.3 is 15.0 Å². The summed E-state index contributed by atoms with van der Waals surface area (Å²) in [5, 5.41) is 3.77. The molecular formula is C21H22Cl2N2O3. The summed E-state index contributed by atoms with van der Waals surface area (Å²) in [7, 11) is 0. The molecule has 2 aromatic carbocycles. The number of nitrogens with one attached hydrogen (secondary N) is 1. The Bertz CT molecular complexity index is 845. The summed E-state index contributed by atoms with van der Waals surface area (Å²) in [5.74, 6) is -0.0761. The Labute approximate surface area is 174 Å². The molecule has 7 heteroatoms. The normalized spacial score (nSPS) is 17.7. The fraction of sp³-hybridized carbons (Fsp3) is 0.333. The molecule has 1 fully saturated rings. The number of nitrogens with zero attached hydrogens (tertiary/aromatic N) is 1. The third-order valence-electron chi connectivity index (χ3n) is 4.69. The second-order valence-electron chi connectivity index (χ2n) is 6.81. The Morgan fingerprint density at radius 3 is 2.64 bits per heavy atom. The molecule has 0 spiro atoms. The number of carbonyl (C=O) groups excluding carboxylic acids is 2. The molecule has 1 heterocycles. The zero-order valence-electron chi connectivity index (χ0n) is 15.5. The maximum atomic E-state index is 12.8. The van der Waals surface area contributed by atoms with Gasteiger partial charge in [-0.25, -0.2) is 0 Å². The van der Waals surface area contributed by atoms with Crippen LogP contribution in [0.25, 0.3) is 0 Å². The molecule has 1 saturated heterocycles. The van der Waals surface area contributed by atoms with Gasteiger partial charge in [0.1, 0.15) is 5.75 Å². The minimum Gasteiger partial charge on any atom is -0.479 e. The van der Waals surface area contributed by atoms with Crippen LogP contribution in [0.1, 0.15) is 19.8 Å². The number of hydrogen-bond donors (Lipinski definition) is 1. The van der Waals surface area contributed by atoms with Crippen molar-refractivity contribution in [2.45, 2.75) is 25.9 Å². The van der Waals surface area contributed by atoms with Gasteiger partial charge in [-0.3, -0.25) is 9.59 Å². The minimum atomic E-state index is -0.713. The van der Waals surface area contributed by atoms with E-state index in [1.165, 1.54) is 0 Å². The predicted octanol–water partition coefficient (Wildman–Crippen LogP) is 4.64. The first-order valence-electron chi connectivity index (χ1n) is 9.20. The van der Waals surface area contributed by atoms with Crippen LogP contribution in [-0.4, -0.2) is 35.9 Å². The van der Waals surface area contributed by atoms with E-state index in [0.29, 0.717) is 28.9 Å². The number of amides is 2. The van der Waals surface area contributed by atoms with Gasteiger partial charge >= 0.3 is 0 Å². The zero-order chi connectivity index (χ0) is 20.1. The summed E-state index contributed by atoms with van der Waals surface area (Å²) in [6, 6.07) is 14.2. The lowest BCUT2D eigenvalue weighted by atomic mass is 9.96. The Hall–Kier alpha value is -2.24. The van der Waals surface area contributed by atoms with Crippen molar-refractivity contribution in [3.63, 3.8) is 0 Å². The highest BCUT2D eigenvalue weighted by atomic mass is 35.5. The van der Waals surface area contributed by atoms with E-state index in [9.17, 15) is 9.59 Å². The van der Waals surface area contributed by atoms with Crippen LogP contribution >= 0.6 is 23.2 Å². The zero-order valence-corrected chi connectivity index (χ0v) is 17.0. The van der Waals surface area contributed by atoms with Crippen molar-refractivity contribution in [1.29, 1.82) is 0 Å². The summed E-state index contributed by atoms with van der Waals surface area (Å²) < 4.78 is 5.72. The summed E-state index contributed by atoms with van der Waals surface area (Å²) >= 11 is 12.0. The summed E-state index contributed by atoms with van der Waals surface area (Å²) in [5.41, 5.74) is 0.755. The Kier molecular flexibility index (Phi) is 6.81. The van der Waals surface area contributed by atoms with Crippen molar-refractivity contribution in [3.05, 3.63) is 58.6 Å². The van der Waals surface area contributed by atoms with E-state index in [1.54, 1.807) is 30.0 Å². The van der Waals surface area contributed by atoms with Crippen molar-refractivity contribution >= 4 is 40.7 Å². The summed E-state index contributed by atoms with van der Waals surface area (Å²) in [6.45, 7) is 2.66. The molecule has 1 aliphatic rings. The molecule has 28 heavy (non-hydrogen) atoms. The van der Waals surface area contributed by atoms with Crippen molar-refractivity contribution in [2.75, 3.05) is 18.4 Å². The van der Waals surface area contributed by atoms with Crippen LogP contribution in [-0.2, 0) is 9.59 Å². The molecule has 0 aliphatic carbocycles. The van der Waals surface area contributed by atoms with Gasteiger partial charge in [-0.2, -0.15) is 0 Å². The lowest BCUT2D eigenvalue weighted by Crippen LogP contribution is -2.48. The minimum absolute atomic E-state index is 0.0713. The molecule has 0 saturated carbocycles. The molecule has 0 radical (unpaired) electrons. The molecule has 0 bridgehead atoms. The standard InChI is InChI=1S/C21H22Cl2N2O3/c1-14(28-19-10-9-16(22)12-18(19)23)21(27)25-11-5-6-15(13-25)20(26)24-17-7-3-2-4-8-17/h2-4,7-10,12,14-15H,5-6,11,13H2,1H3,(H,24,26)/t14-,15+/m1/s1. The van der Waals surface area contributed by atoms with Crippen LogP contribution in [0.3, 0.4) is 0 Å². The molecule has 0 unspecified atom stereocenters. The quantitative estimate of drug-likeness (QED) is 0.766. The Balaban J connectivity index is 1.59. The number of ether oxygens (including phenoxy) is 1. The van der Waals surface area contributed by atoms with E-state index in [1.807, 2.05) is 30.3 Å². The summed E-state index contributed by atoms with van der Waals surface area (Å²) in [6.07, 6.45) is 0.808. The number of para-hydroxylation sites is 1. The Morgan fingerprint density at radius 2 is 1.93 bits per heavy atom. The van der Waals surface area contributed by atoms with Crippen molar-refractivity contribution in [3.8, 4) is 5.75 Å². The van der Waals surface area contributed by atoms with E-state index >= 15 is 0 Å². The number of halogens is 2. The number of rotatable bonds is 5. The first-order valence-corrected chi connectivity index (χ1v) is 9.96. The van der Waals surface area contributed by atoms with E-state index in [4.69, 9.17) is 27.9 Å². The van der Waals surface area contributed by atoms with Gasteiger partial charge in [-0.15, -0.1) is 0 Å². The third-order valence-corrected chi connectivity index (χ3v) is 5.22. The average molecular weight is 421 g/mol. The molecule has 2 aromatic rings. The van der Waals surface area contributed by atoms with Gasteiger partial charge in [0, 0.05) is 23.8 Å². The number of hydrogen-bond acceptors (Lipinski definition) is 3. The van der Waals surface area contributed by atoms with Gasteiger partial charge in [0.25, 0.3) is 5.91 Å². The van der Waals surface area contributed by atoms with E-state index in [0.717, 1.165) is 18.5 Å². The van der Waals surface area contributed by atoms with Crippen LogP contribution in [0.4, 0.5) is 5.69 Å². The highest BCUT2D eigenvalue weighted by Crippen LogP contribution is 2.29. The molecule has 5 nitrogen and oxygen atoms in total. The Morgan fingerprint density at radius 1 is 1.18 bits per heavy atom. The number of likely N-dealkylation sites (tertiary alicyclic amines) is 1. The first-order chi connectivity index (χ1) is 13.4. The maximum absolute atomic E-state index is 12.8. The SMILES string of the molecule is C[C@@H](Oc1ccc(Cl)cc1Cl)C(=O)N1CCC[C@H](C(=O)Nc2ccccc2)C1. The average Bonchev–Trinajstić information content (AvgIpc) is 2.70. The largest absolute Gasteiger partial charge is 0.479 e. The van der Waals surface area contributed by atoms with Crippen LogP contribution in [0, 0.1) is 5.92 Å². The van der Waals surface area contributed by atoms with Crippen LogP contribution in [0.5, 0.6) is 5.75 Å². The molecular weight excluding hydrogens is 399 g/mol. The lowest BCUT2D eigenvalue weighted by molar-refractivity contribution is -0.140. The molecule has 2 amide bonds. The maximum Gasteiger partial charge on any atom is 0.263 e. The van der Waals surface area contributed by atoms with E-state index < -0.39 is 6.10 Å². The number of anilines is 1. The predicted molar refractivity (Wildman–Crippen MR) is 111 cm³/mol. The fourth-order valence-corrected chi connectivity index (χ4v) is 3.68. The van der Waals surface area contributed by atoms with Gasteiger partial charge in [0.15, 0.2) is 6.10 Å². The smallest absolute Gasteiger partial charge is 0.263 e. The molecule has 1 aliphatic heterocycles. The van der Waals surface area contributed by atoms with Crippen molar-refractivity contribution in [1.82, 2.24) is 4.90 Å².